The van der Waals surface area contributed by atoms with Gasteiger partial charge in [0, 0.05) is 10.5 Å². The molecule has 0 saturated heterocycles. The maximum absolute atomic E-state index is 13.0. The minimum atomic E-state index is -0.240. The van der Waals surface area contributed by atoms with Crippen molar-refractivity contribution >= 4 is 15.9 Å². The van der Waals surface area contributed by atoms with Gasteiger partial charge in [-0.3, -0.25) is 0 Å². The third kappa shape index (κ3) is 3.43. The Morgan fingerprint density at radius 2 is 1.84 bits per heavy atom. The van der Waals surface area contributed by atoms with Crippen molar-refractivity contribution < 1.29 is 4.39 Å². The van der Waals surface area contributed by atoms with Gasteiger partial charge in [-0.25, -0.2) is 4.39 Å². The average Bonchev–Trinajstić information content (AvgIpc) is 2.36. The van der Waals surface area contributed by atoms with Gasteiger partial charge in [-0.2, -0.15) is 0 Å². The molecule has 1 atom stereocenters. The molecule has 2 N–H and O–H groups in total. The van der Waals surface area contributed by atoms with Crippen molar-refractivity contribution in [3.63, 3.8) is 0 Å². The molecule has 0 aliphatic carbocycles. The number of rotatable bonds is 3. The van der Waals surface area contributed by atoms with Crippen molar-refractivity contribution in [2.75, 3.05) is 0 Å². The van der Waals surface area contributed by atoms with Crippen LogP contribution < -0.4 is 5.73 Å². The van der Waals surface area contributed by atoms with Gasteiger partial charge in [-0.1, -0.05) is 40.2 Å². The lowest BCUT2D eigenvalue weighted by molar-refractivity contribution is 0.624. The van der Waals surface area contributed by atoms with Crippen molar-refractivity contribution in [1.29, 1.82) is 0 Å². The van der Waals surface area contributed by atoms with Crippen LogP contribution in [0.2, 0.25) is 0 Å². The van der Waals surface area contributed by atoms with Crippen molar-refractivity contribution in [2.45, 2.75) is 26.3 Å². The lowest BCUT2D eigenvalue weighted by atomic mass is 9.97. The quantitative estimate of drug-likeness (QED) is 0.888. The Labute approximate surface area is 121 Å². The maximum Gasteiger partial charge on any atom is 0.124 e. The molecular weight excluding hydrogens is 305 g/mol. The fraction of sp³-hybridized carbons (Fsp3) is 0.250. The first-order valence-corrected chi connectivity index (χ1v) is 7.03. The van der Waals surface area contributed by atoms with E-state index in [0.717, 1.165) is 15.6 Å². The summed E-state index contributed by atoms with van der Waals surface area (Å²) in [6, 6.07) is 10.9. The van der Waals surface area contributed by atoms with Gasteiger partial charge >= 0.3 is 0 Å². The Balaban J connectivity index is 2.20. The van der Waals surface area contributed by atoms with Gasteiger partial charge in [0.25, 0.3) is 0 Å². The van der Waals surface area contributed by atoms with Crippen LogP contribution in [0, 0.1) is 19.7 Å². The van der Waals surface area contributed by atoms with Gasteiger partial charge in [-0.05, 0) is 54.7 Å². The van der Waals surface area contributed by atoms with E-state index in [2.05, 4.69) is 48.0 Å². The summed E-state index contributed by atoms with van der Waals surface area (Å²) >= 11 is 3.38. The van der Waals surface area contributed by atoms with Gasteiger partial charge in [0.05, 0.1) is 0 Å². The predicted octanol–water partition coefficient (Wildman–Crippen LogP) is 4.45. The molecule has 2 aromatic carbocycles. The predicted molar refractivity (Wildman–Crippen MR) is 80.6 cm³/mol. The largest absolute Gasteiger partial charge is 0.324 e. The molecule has 2 aromatic rings. The Bertz CT molecular complexity index is 595. The molecule has 0 aliphatic heterocycles. The fourth-order valence-corrected chi connectivity index (χ4v) is 2.55. The van der Waals surface area contributed by atoms with Gasteiger partial charge in [-0.15, -0.1) is 0 Å². The SMILES string of the molecule is Cc1ccc(C(N)Cc2ccc(F)cc2Br)cc1C. The summed E-state index contributed by atoms with van der Waals surface area (Å²) in [5.41, 5.74) is 10.9. The monoisotopic (exact) mass is 321 g/mol. The number of aryl methyl sites for hydroxylation is 2. The Morgan fingerprint density at radius 1 is 1.11 bits per heavy atom. The van der Waals surface area contributed by atoms with Crippen molar-refractivity contribution in [3.05, 3.63) is 68.9 Å². The summed E-state index contributed by atoms with van der Waals surface area (Å²) in [6.45, 7) is 4.17. The van der Waals surface area contributed by atoms with Crippen molar-refractivity contribution in [1.82, 2.24) is 0 Å². The fourth-order valence-electron chi connectivity index (χ4n) is 2.04. The molecule has 3 heteroatoms. The van der Waals surface area contributed by atoms with E-state index in [1.165, 1.54) is 23.3 Å². The summed E-state index contributed by atoms with van der Waals surface area (Å²) in [4.78, 5) is 0. The van der Waals surface area contributed by atoms with Crippen LogP contribution in [0.1, 0.15) is 28.3 Å². The molecule has 0 bridgehead atoms. The number of halogens is 2. The van der Waals surface area contributed by atoms with Crippen LogP contribution in [0.4, 0.5) is 4.39 Å². The minimum absolute atomic E-state index is 0.0824. The van der Waals surface area contributed by atoms with Gasteiger partial charge in [0.2, 0.25) is 0 Å². The molecule has 1 nitrogen and oxygen atoms in total. The molecule has 0 heterocycles. The normalized spacial score (nSPS) is 12.5. The lowest BCUT2D eigenvalue weighted by Gasteiger charge is -2.15. The second-order valence-corrected chi connectivity index (χ2v) is 5.74. The molecule has 2 rings (SSSR count). The topological polar surface area (TPSA) is 26.0 Å². The first kappa shape index (κ1) is 14.2. The summed E-state index contributed by atoms with van der Waals surface area (Å²) in [7, 11) is 0. The smallest absolute Gasteiger partial charge is 0.124 e. The highest BCUT2D eigenvalue weighted by Crippen LogP contribution is 2.24. The van der Waals surface area contributed by atoms with Crippen molar-refractivity contribution in [2.24, 2.45) is 5.73 Å². The maximum atomic E-state index is 13.0. The van der Waals surface area contributed by atoms with Gasteiger partial charge in [0.1, 0.15) is 5.82 Å². The number of hydrogen-bond donors (Lipinski definition) is 1. The molecule has 0 aromatic heterocycles. The summed E-state index contributed by atoms with van der Waals surface area (Å²) < 4.78 is 13.8. The van der Waals surface area contributed by atoms with Crippen LogP contribution in [0.5, 0.6) is 0 Å². The Kier molecular flexibility index (Phi) is 4.38. The highest BCUT2D eigenvalue weighted by molar-refractivity contribution is 9.10. The van der Waals surface area contributed by atoms with Crippen molar-refractivity contribution in [3.8, 4) is 0 Å². The van der Waals surface area contributed by atoms with E-state index in [1.54, 1.807) is 6.07 Å². The van der Waals surface area contributed by atoms with Crippen LogP contribution in [0.25, 0.3) is 0 Å². The van der Waals surface area contributed by atoms with Crippen LogP contribution in [0.15, 0.2) is 40.9 Å². The third-order valence-corrected chi connectivity index (χ3v) is 4.15. The highest BCUT2D eigenvalue weighted by atomic mass is 79.9. The molecule has 0 fully saturated rings. The van der Waals surface area contributed by atoms with E-state index in [9.17, 15) is 4.39 Å². The van der Waals surface area contributed by atoms with E-state index in [1.807, 2.05) is 0 Å². The van der Waals surface area contributed by atoms with E-state index in [-0.39, 0.29) is 11.9 Å². The van der Waals surface area contributed by atoms with Crippen LogP contribution >= 0.6 is 15.9 Å². The second kappa shape index (κ2) is 5.85. The minimum Gasteiger partial charge on any atom is -0.324 e. The molecular formula is C16H17BrFN. The number of hydrogen-bond acceptors (Lipinski definition) is 1. The molecule has 0 aliphatic rings. The van der Waals surface area contributed by atoms with Crippen LogP contribution in [-0.2, 0) is 6.42 Å². The molecule has 1 unspecified atom stereocenters. The molecule has 0 radical (unpaired) electrons. The van der Waals surface area contributed by atoms with E-state index >= 15 is 0 Å². The number of nitrogens with two attached hydrogens (primary N) is 1. The molecule has 0 saturated carbocycles. The van der Waals surface area contributed by atoms with E-state index < -0.39 is 0 Å². The lowest BCUT2D eigenvalue weighted by Crippen LogP contribution is -2.14. The van der Waals surface area contributed by atoms with E-state index in [4.69, 9.17) is 5.73 Å². The zero-order valence-corrected chi connectivity index (χ0v) is 12.7. The zero-order valence-electron chi connectivity index (χ0n) is 11.1. The molecule has 100 valence electrons. The van der Waals surface area contributed by atoms with E-state index in [0.29, 0.717) is 6.42 Å². The second-order valence-electron chi connectivity index (χ2n) is 4.89. The highest BCUT2D eigenvalue weighted by Gasteiger charge is 2.10. The third-order valence-electron chi connectivity index (χ3n) is 3.41. The summed E-state index contributed by atoms with van der Waals surface area (Å²) in [5.74, 6) is -0.240. The first-order chi connectivity index (χ1) is 8.97. The van der Waals surface area contributed by atoms with Gasteiger partial charge < -0.3 is 5.73 Å². The van der Waals surface area contributed by atoms with Crippen LogP contribution in [0.3, 0.4) is 0 Å². The Hall–Kier alpha value is -1.19. The molecule has 19 heavy (non-hydrogen) atoms. The first-order valence-electron chi connectivity index (χ1n) is 6.24. The van der Waals surface area contributed by atoms with Gasteiger partial charge in [0.15, 0.2) is 0 Å². The standard InChI is InChI=1S/C16H17BrFN/c1-10-3-4-13(7-11(10)2)16(19)8-12-5-6-14(18)9-15(12)17/h3-7,9,16H,8,19H2,1-2H3. The average molecular weight is 322 g/mol. The summed E-state index contributed by atoms with van der Waals surface area (Å²) in [6.07, 6.45) is 0.684. The summed E-state index contributed by atoms with van der Waals surface area (Å²) in [5, 5.41) is 0. The number of benzene rings is 2. The van der Waals surface area contributed by atoms with Crippen LogP contribution in [-0.4, -0.2) is 0 Å². The Morgan fingerprint density at radius 3 is 2.47 bits per heavy atom. The zero-order chi connectivity index (χ0) is 14.0. The molecule has 0 spiro atoms. The molecule has 0 amide bonds.